The number of likely N-dealkylation sites (tertiary alicyclic amines) is 1. The summed E-state index contributed by atoms with van der Waals surface area (Å²) in [6.07, 6.45) is 4.44. The zero-order chi connectivity index (χ0) is 15.6. The Kier molecular flexibility index (Phi) is 4.89. The number of thiophene rings is 1. The van der Waals surface area contributed by atoms with E-state index < -0.39 is 10.0 Å². The van der Waals surface area contributed by atoms with E-state index in [1.165, 1.54) is 11.1 Å². The first-order valence-electron chi connectivity index (χ1n) is 7.78. The standard InChI is InChI=1S/C15H24N2O3S2/c1-22(18,19)16-7-5-15-6-9-20-14(15)4-8-17(12-15)11-13-3-2-10-21-13/h2-3,10,14,16H,4-9,11-12H2,1H3/t14-,15+/m0/s1. The molecule has 0 unspecified atom stereocenters. The van der Waals surface area contributed by atoms with Crippen LogP contribution in [0.5, 0.6) is 0 Å². The van der Waals surface area contributed by atoms with Crippen LogP contribution >= 0.6 is 11.3 Å². The average molecular weight is 345 g/mol. The van der Waals surface area contributed by atoms with E-state index in [0.29, 0.717) is 6.54 Å². The van der Waals surface area contributed by atoms with E-state index in [1.54, 1.807) is 11.3 Å². The van der Waals surface area contributed by atoms with Crippen molar-refractivity contribution in [1.29, 1.82) is 0 Å². The number of nitrogens with one attached hydrogen (secondary N) is 1. The van der Waals surface area contributed by atoms with Crippen molar-refractivity contribution in [2.75, 3.05) is 32.5 Å². The number of hydrogen-bond acceptors (Lipinski definition) is 5. The molecular formula is C15H24N2O3S2. The summed E-state index contributed by atoms with van der Waals surface area (Å²) in [4.78, 5) is 3.89. The van der Waals surface area contributed by atoms with Gasteiger partial charge in [-0.05, 0) is 30.7 Å². The van der Waals surface area contributed by atoms with Crippen molar-refractivity contribution in [2.45, 2.75) is 31.9 Å². The number of fused-ring (bicyclic) bond motifs is 1. The lowest BCUT2D eigenvalue weighted by molar-refractivity contribution is -0.0233. The molecule has 2 saturated heterocycles. The molecule has 2 fully saturated rings. The van der Waals surface area contributed by atoms with Gasteiger partial charge in [0.2, 0.25) is 10.0 Å². The van der Waals surface area contributed by atoms with E-state index >= 15 is 0 Å². The van der Waals surface area contributed by atoms with Gasteiger partial charge < -0.3 is 4.74 Å². The number of rotatable bonds is 6. The fourth-order valence-corrected chi connectivity index (χ4v) is 4.96. The van der Waals surface area contributed by atoms with E-state index in [1.807, 2.05) is 0 Å². The second-order valence-electron chi connectivity index (χ2n) is 6.47. The van der Waals surface area contributed by atoms with Gasteiger partial charge in [0.05, 0.1) is 12.4 Å². The second kappa shape index (κ2) is 6.57. The van der Waals surface area contributed by atoms with Crippen LogP contribution in [0.3, 0.4) is 0 Å². The molecule has 124 valence electrons. The van der Waals surface area contributed by atoms with E-state index in [9.17, 15) is 8.42 Å². The minimum absolute atomic E-state index is 0.104. The van der Waals surface area contributed by atoms with Gasteiger partial charge in [-0.1, -0.05) is 6.07 Å². The molecule has 1 N–H and O–H groups in total. The lowest BCUT2D eigenvalue weighted by Crippen LogP contribution is -2.50. The number of piperidine rings is 1. The van der Waals surface area contributed by atoms with Gasteiger partial charge in [-0.25, -0.2) is 13.1 Å². The third-order valence-corrected chi connectivity index (χ3v) is 6.38. The SMILES string of the molecule is CS(=O)(=O)NCC[C@]12CCO[C@H]1CCN(Cc1cccs1)C2. The van der Waals surface area contributed by atoms with Crippen LogP contribution < -0.4 is 4.72 Å². The molecule has 22 heavy (non-hydrogen) atoms. The average Bonchev–Trinajstić information content (AvgIpc) is 3.06. The Morgan fingerprint density at radius 3 is 3.14 bits per heavy atom. The maximum atomic E-state index is 11.3. The van der Waals surface area contributed by atoms with Gasteiger partial charge >= 0.3 is 0 Å². The highest BCUT2D eigenvalue weighted by Gasteiger charge is 2.47. The molecule has 5 nitrogen and oxygen atoms in total. The normalized spacial score (nSPS) is 29.6. The third kappa shape index (κ3) is 3.89. The molecule has 0 radical (unpaired) electrons. The number of nitrogens with zero attached hydrogens (tertiary/aromatic N) is 1. The zero-order valence-electron chi connectivity index (χ0n) is 13.0. The molecule has 7 heteroatoms. The van der Waals surface area contributed by atoms with Crippen molar-refractivity contribution in [3.05, 3.63) is 22.4 Å². The predicted octanol–water partition coefficient (Wildman–Crippen LogP) is 1.67. The molecule has 2 aliphatic rings. The summed E-state index contributed by atoms with van der Waals surface area (Å²) in [6.45, 7) is 4.36. The van der Waals surface area contributed by atoms with Gasteiger partial charge in [-0.2, -0.15) is 0 Å². The van der Waals surface area contributed by atoms with Crippen LogP contribution in [0.4, 0.5) is 0 Å². The maximum Gasteiger partial charge on any atom is 0.208 e. The first kappa shape index (κ1) is 16.4. The Morgan fingerprint density at radius 2 is 2.41 bits per heavy atom. The van der Waals surface area contributed by atoms with Crippen molar-refractivity contribution in [1.82, 2.24) is 9.62 Å². The molecule has 0 aromatic carbocycles. The summed E-state index contributed by atoms with van der Waals surface area (Å²) < 4.78 is 31.1. The molecular weight excluding hydrogens is 320 g/mol. The van der Waals surface area contributed by atoms with Crippen molar-refractivity contribution in [3.63, 3.8) is 0 Å². The first-order valence-corrected chi connectivity index (χ1v) is 10.5. The highest BCUT2D eigenvalue weighted by atomic mass is 32.2. The number of ether oxygens (including phenoxy) is 1. The van der Waals surface area contributed by atoms with Crippen LogP contribution in [-0.2, 0) is 21.3 Å². The van der Waals surface area contributed by atoms with Crippen molar-refractivity contribution >= 4 is 21.4 Å². The van der Waals surface area contributed by atoms with Gasteiger partial charge in [0.15, 0.2) is 0 Å². The highest BCUT2D eigenvalue weighted by Crippen LogP contribution is 2.43. The number of sulfonamides is 1. The fraction of sp³-hybridized carbons (Fsp3) is 0.733. The highest BCUT2D eigenvalue weighted by molar-refractivity contribution is 7.88. The van der Waals surface area contributed by atoms with E-state index in [-0.39, 0.29) is 11.5 Å². The topological polar surface area (TPSA) is 58.6 Å². The van der Waals surface area contributed by atoms with Gasteiger partial charge in [0.25, 0.3) is 0 Å². The van der Waals surface area contributed by atoms with Gasteiger partial charge in [0, 0.05) is 43.1 Å². The van der Waals surface area contributed by atoms with Crippen LogP contribution in [0, 0.1) is 5.41 Å². The van der Waals surface area contributed by atoms with E-state index in [2.05, 4.69) is 27.1 Å². The van der Waals surface area contributed by atoms with E-state index in [0.717, 1.165) is 45.5 Å². The Morgan fingerprint density at radius 1 is 1.55 bits per heavy atom. The lowest BCUT2D eigenvalue weighted by atomic mass is 9.74. The summed E-state index contributed by atoms with van der Waals surface area (Å²) in [5.74, 6) is 0. The molecule has 1 aromatic rings. The summed E-state index contributed by atoms with van der Waals surface area (Å²) in [5.41, 5.74) is 0.104. The van der Waals surface area contributed by atoms with Gasteiger partial charge in [-0.15, -0.1) is 11.3 Å². The fourth-order valence-electron chi connectivity index (χ4n) is 3.75. The second-order valence-corrected chi connectivity index (χ2v) is 9.33. The Bertz CT molecular complexity index is 588. The molecule has 2 atom stereocenters. The number of hydrogen-bond donors (Lipinski definition) is 1. The first-order chi connectivity index (χ1) is 10.5. The van der Waals surface area contributed by atoms with Crippen molar-refractivity contribution in [3.8, 4) is 0 Å². The molecule has 3 heterocycles. The Balaban J connectivity index is 1.63. The monoisotopic (exact) mass is 344 g/mol. The molecule has 0 bridgehead atoms. The smallest absolute Gasteiger partial charge is 0.208 e. The molecule has 0 saturated carbocycles. The van der Waals surface area contributed by atoms with Crippen LogP contribution in [0.15, 0.2) is 17.5 Å². The molecule has 0 amide bonds. The summed E-state index contributed by atoms with van der Waals surface area (Å²) in [5, 5.41) is 2.12. The largest absolute Gasteiger partial charge is 0.378 e. The molecule has 0 aliphatic carbocycles. The van der Waals surface area contributed by atoms with Gasteiger partial charge in [0.1, 0.15) is 0 Å². The third-order valence-electron chi connectivity index (χ3n) is 4.79. The molecule has 0 spiro atoms. The summed E-state index contributed by atoms with van der Waals surface area (Å²) in [7, 11) is -3.11. The van der Waals surface area contributed by atoms with Crippen LogP contribution in [0.25, 0.3) is 0 Å². The molecule has 2 aliphatic heterocycles. The van der Waals surface area contributed by atoms with Crippen LogP contribution in [-0.4, -0.2) is 51.9 Å². The molecule has 1 aromatic heterocycles. The predicted molar refractivity (Wildman–Crippen MR) is 88.5 cm³/mol. The van der Waals surface area contributed by atoms with Crippen molar-refractivity contribution in [2.24, 2.45) is 5.41 Å². The quantitative estimate of drug-likeness (QED) is 0.853. The van der Waals surface area contributed by atoms with Crippen LogP contribution in [0.2, 0.25) is 0 Å². The maximum absolute atomic E-state index is 11.3. The summed E-state index contributed by atoms with van der Waals surface area (Å²) in [6, 6.07) is 4.27. The minimum atomic E-state index is -3.11. The Hall–Kier alpha value is -0.470. The summed E-state index contributed by atoms with van der Waals surface area (Å²) >= 11 is 1.80. The zero-order valence-corrected chi connectivity index (χ0v) is 14.6. The minimum Gasteiger partial charge on any atom is -0.378 e. The lowest BCUT2D eigenvalue weighted by Gasteiger charge is -2.43. The Labute approximate surface area is 136 Å². The molecule has 3 rings (SSSR count). The van der Waals surface area contributed by atoms with Crippen molar-refractivity contribution < 1.29 is 13.2 Å². The van der Waals surface area contributed by atoms with Crippen LogP contribution in [0.1, 0.15) is 24.1 Å². The van der Waals surface area contributed by atoms with E-state index in [4.69, 9.17) is 4.74 Å². The van der Waals surface area contributed by atoms with Gasteiger partial charge in [-0.3, -0.25) is 4.90 Å².